The molecule has 1 amide bonds. The van der Waals surface area contributed by atoms with E-state index in [2.05, 4.69) is 4.98 Å². The van der Waals surface area contributed by atoms with Crippen molar-refractivity contribution >= 4 is 5.91 Å². The first kappa shape index (κ1) is 14.7. The van der Waals surface area contributed by atoms with Crippen LogP contribution in [0.2, 0.25) is 0 Å². The van der Waals surface area contributed by atoms with Gasteiger partial charge in [-0.1, -0.05) is 0 Å². The van der Waals surface area contributed by atoms with Gasteiger partial charge in [0.2, 0.25) is 0 Å². The van der Waals surface area contributed by atoms with E-state index in [-0.39, 0.29) is 13.1 Å². The molecule has 0 saturated carbocycles. The van der Waals surface area contributed by atoms with Gasteiger partial charge in [-0.05, 0) is 25.0 Å². The molecule has 1 aromatic heterocycles. The van der Waals surface area contributed by atoms with Crippen molar-refractivity contribution in [2.75, 3.05) is 13.1 Å². The van der Waals surface area contributed by atoms with Gasteiger partial charge >= 0.3 is 12.1 Å². The molecular weight excluding hydrogens is 283 g/mol. The molecule has 1 aliphatic heterocycles. The molecule has 8 heteroatoms. The van der Waals surface area contributed by atoms with E-state index in [1.54, 1.807) is 0 Å². The minimum atomic E-state index is -4.70. The predicted molar refractivity (Wildman–Crippen MR) is 58.9 cm³/mol. The molecule has 0 bridgehead atoms. The van der Waals surface area contributed by atoms with Crippen LogP contribution in [0.25, 0.3) is 0 Å². The van der Waals surface area contributed by atoms with Crippen LogP contribution in [0.3, 0.4) is 0 Å². The lowest BCUT2D eigenvalue weighted by molar-refractivity contribution is -0.157. The zero-order valence-corrected chi connectivity index (χ0v) is 10.3. The number of likely N-dealkylation sites (tertiary alicyclic amines) is 1. The highest BCUT2D eigenvalue weighted by Gasteiger charge is 2.45. The fraction of sp³-hybridized carbons (Fsp3) is 0.500. The molecule has 0 atom stereocenters. The molecule has 0 N–H and O–H groups in total. The van der Waals surface area contributed by atoms with Gasteiger partial charge in [-0.2, -0.15) is 22.0 Å². The topological polar surface area (TPSA) is 33.2 Å². The molecule has 0 aliphatic carbocycles. The maximum absolute atomic E-state index is 13.9. The molecule has 1 saturated heterocycles. The first-order valence-electron chi connectivity index (χ1n) is 5.94. The molecular formula is C12H11F5N2O. The largest absolute Gasteiger partial charge is 0.433 e. The van der Waals surface area contributed by atoms with Gasteiger partial charge in [0.05, 0.1) is 0 Å². The summed E-state index contributed by atoms with van der Waals surface area (Å²) in [5.41, 5.74) is -2.10. The standard InChI is InChI=1S/C12H11F5N2O/c13-11(14,10(20)19-5-1-2-6-19)8-3-4-9(18-7-8)12(15,16)17/h3-4,7H,1-2,5-6H2. The van der Waals surface area contributed by atoms with Crippen molar-refractivity contribution in [3.8, 4) is 0 Å². The van der Waals surface area contributed by atoms with Crippen LogP contribution in [-0.2, 0) is 16.9 Å². The molecule has 0 unspecified atom stereocenters. The van der Waals surface area contributed by atoms with Crippen molar-refractivity contribution in [3.05, 3.63) is 29.6 Å². The van der Waals surface area contributed by atoms with E-state index in [9.17, 15) is 26.7 Å². The average molecular weight is 294 g/mol. The number of hydrogen-bond acceptors (Lipinski definition) is 2. The van der Waals surface area contributed by atoms with Crippen molar-refractivity contribution in [2.45, 2.75) is 24.9 Å². The molecule has 2 rings (SSSR count). The van der Waals surface area contributed by atoms with Gasteiger partial charge in [0.25, 0.3) is 5.91 Å². The van der Waals surface area contributed by atoms with Crippen LogP contribution < -0.4 is 0 Å². The van der Waals surface area contributed by atoms with Crippen molar-refractivity contribution in [1.29, 1.82) is 0 Å². The number of hydrogen-bond donors (Lipinski definition) is 0. The number of carbonyl (C=O) groups is 1. The highest BCUT2D eigenvalue weighted by Crippen LogP contribution is 2.33. The maximum atomic E-state index is 13.9. The minimum Gasteiger partial charge on any atom is -0.337 e. The Bertz CT molecular complexity index is 492. The average Bonchev–Trinajstić information content (AvgIpc) is 2.90. The SMILES string of the molecule is O=C(N1CCCC1)C(F)(F)c1ccc(C(F)(F)F)nc1. The van der Waals surface area contributed by atoms with Gasteiger partial charge in [-0.3, -0.25) is 9.78 Å². The van der Waals surface area contributed by atoms with Gasteiger partial charge < -0.3 is 4.90 Å². The first-order chi connectivity index (χ1) is 9.23. The maximum Gasteiger partial charge on any atom is 0.433 e. The highest BCUT2D eigenvalue weighted by atomic mass is 19.4. The third-order valence-corrected chi connectivity index (χ3v) is 3.08. The summed E-state index contributed by atoms with van der Waals surface area (Å²) >= 11 is 0. The lowest BCUT2D eigenvalue weighted by atomic mass is 10.1. The zero-order valence-electron chi connectivity index (χ0n) is 10.3. The number of nitrogens with zero attached hydrogens (tertiary/aromatic N) is 2. The second-order valence-electron chi connectivity index (χ2n) is 4.50. The predicted octanol–water partition coefficient (Wildman–Crippen LogP) is 2.81. The fourth-order valence-electron chi connectivity index (χ4n) is 1.99. The Kier molecular flexibility index (Phi) is 3.66. The summed E-state index contributed by atoms with van der Waals surface area (Å²) in [7, 11) is 0. The van der Waals surface area contributed by atoms with Crippen LogP contribution in [-0.4, -0.2) is 28.9 Å². The Hall–Kier alpha value is -1.73. The molecule has 2 heterocycles. The van der Waals surface area contributed by atoms with E-state index < -0.39 is 29.3 Å². The quantitative estimate of drug-likeness (QED) is 0.786. The Morgan fingerprint density at radius 1 is 1.10 bits per heavy atom. The molecule has 0 radical (unpaired) electrons. The van der Waals surface area contributed by atoms with Gasteiger partial charge in [0.15, 0.2) is 0 Å². The summed E-state index contributed by atoms with van der Waals surface area (Å²) in [4.78, 5) is 15.6. The van der Waals surface area contributed by atoms with Crippen molar-refractivity contribution in [2.24, 2.45) is 0 Å². The van der Waals surface area contributed by atoms with Gasteiger partial charge in [-0.25, -0.2) is 0 Å². The Morgan fingerprint density at radius 2 is 1.70 bits per heavy atom. The van der Waals surface area contributed by atoms with Crippen LogP contribution in [0.5, 0.6) is 0 Å². The molecule has 3 nitrogen and oxygen atoms in total. The lowest BCUT2D eigenvalue weighted by Crippen LogP contribution is -2.40. The number of rotatable bonds is 2. The fourth-order valence-corrected chi connectivity index (χ4v) is 1.99. The number of halogens is 5. The van der Waals surface area contributed by atoms with E-state index in [1.807, 2.05) is 0 Å². The van der Waals surface area contributed by atoms with Crippen LogP contribution >= 0.6 is 0 Å². The number of alkyl halides is 5. The summed E-state index contributed by atoms with van der Waals surface area (Å²) in [6.45, 7) is 0.477. The number of carbonyl (C=O) groups excluding carboxylic acids is 1. The van der Waals surface area contributed by atoms with Gasteiger partial charge in [-0.15, -0.1) is 0 Å². The third-order valence-electron chi connectivity index (χ3n) is 3.08. The van der Waals surface area contributed by atoms with E-state index in [0.29, 0.717) is 31.2 Å². The monoisotopic (exact) mass is 294 g/mol. The number of aromatic nitrogens is 1. The van der Waals surface area contributed by atoms with Gasteiger partial charge in [0, 0.05) is 24.8 Å². The van der Waals surface area contributed by atoms with Crippen LogP contribution in [0, 0.1) is 0 Å². The molecule has 1 fully saturated rings. The smallest absolute Gasteiger partial charge is 0.337 e. The molecule has 0 aromatic carbocycles. The second-order valence-corrected chi connectivity index (χ2v) is 4.50. The number of pyridine rings is 1. The molecule has 20 heavy (non-hydrogen) atoms. The van der Waals surface area contributed by atoms with Crippen LogP contribution in [0.4, 0.5) is 22.0 Å². The van der Waals surface area contributed by atoms with E-state index in [1.165, 1.54) is 0 Å². The van der Waals surface area contributed by atoms with Crippen molar-refractivity contribution < 1.29 is 26.7 Å². The Balaban J connectivity index is 2.22. The van der Waals surface area contributed by atoms with Crippen LogP contribution in [0.15, 0.2) is 18.3 Å². The Morgan fingerprint density at radius 3 is 2.15 bits per heavy atom. The molecule has 0 spiro atoms. The summed E-state index contributed by atoms with van der Waals surface area (Å²) in [5, 5.41) is 0. The summed E-state index contributed by atoms with van der Waals surface area (Å²) < 4.78 is 64.7. The second kappa shape index (κ2) is 4.99. The lowest BCUT2D eigenvalue weighted by Gasteiger charge is -2.22. The molecule has 110 valence electrons. The summed E-state index contributed by atoms with van der Waals surface area (Å²) in [5.74, 6) is -5.25. The van der Waals surface area contributed by atoms with Crippen LogP contribution in [0.1, 0.15) is 24.1 Å². The Labute approximate surface area is 111 Å². The first-order valence-corrected chi connectivity index (χ1v) is 5.94. The molecule has 1 aromatic rings. The molecule has 1 aliphatic rings. The van der Waals surface area contributed by atoms with Crippen molar-refractivity contribution in [1.82, 2.24) is 9.88 Å². The van der Waals surface area contributed by atoms with E-state index >= 15 is 0 Å². The number of amides is 1. The minimum absolute atomic E-state index is 0.239. The zero-order chi connectivity index (χ0) is 15.0. The normalized spacial score (nSPS) is 16.6. The third kappa shape index (κ3) is 2.73. The summed E-state index contributed by atoms with van der Waals surface area (Å²) in [6, 6.07) is 1.03. The van der Waals surface area contributed by atoms with E-state index in [0.717, 1.165) is 4.90 Å². The van der Waals surface area contributed by atoms with Gasteiger partial charge in [0.1, 0.15) is 5.69 Å². The van der Waals surface area contributed by atoms with E-state index in [4.69, 9.17) is 0 Å². The van der Waals surface area contributed by atoms with Crippen molar-refractivity contribution in [3.63, 3.8) is 0 Å². The summed E-state index contributed by atoms with van der Waals surface area (Å²) in [6.07, 6.45) is -3.01. The highest BCUT2D eigenvalue weighted by molar-refractivity contribution is 5.85.